The number of carboxylic acids is 1. The molecular formula is C12H17NO3S. The van der Waals surface area contributed by atoms with Gasteiger partial charge in [0.1, 0.15) is 5.54 Å². The standard InChI is InChI=1S/C12H17NO3S/c1-3-5-12(2,11(15)16)13-10(14)7-9-4-6-17-8-9/h4,6,8H,3,5,7H2,1-2H3,(H,13,14)(H,15,16). The van der Waals surface area contributed by atoms with E-state index >= 15 is 0 Å². The van der Waals surface area contributed by atoms with Crippen molar-refractivity contribution in [3.8, 4) is 0 Å². The van der Waals surface area contributed by atoms with Crippen molar-refractivity contribution in [2.24, 2.45) is 0 Å². The van der Waals surface area contributed by atoms with Crippen LogP contribution in [0.15, 0.2) is 16.8 Å². The molecule has 1 rings (SSSR count). The Morgan fingerprint density at radius 3 is 2.71 bits per heavy atom. The summed E-state index contributed by atoms with van der Waals surface area (Å²) in [6, 6.07) is 1.86. The number of carbonyl (C=O) groups excluding carboxylic acids is 1. The van der Waals surface area contributed by atoms with Crippen LogP contribution in [0.2, 0.25) is 0 Å². The zero-order chi connectivity index (χ0) is 12.9. The monoisotopic (exact) mass is 255 g/mol. The first-order valence-corrected chi connectivity index (χ1v) is 6.47. The van der Waals surface area contributed by atoms with E-state index in [4.69, 9.17) is 5.11 Å². The molecule has 1 aromatic heterocycles. The third-order valence-corrected chi connectivity index (χ3v) is 3.31. The fourth-order valence-corrected chi connectivity index (χ4v) is 2.32. The number of aliphatic carboxylic acids is 1. The van der Waals surface area contributed by atoms with Gasteiger partial charge in [-0.05, 0) is 35.7 Å². The molecule has 0 fully saturated rings. The Bertz CT molecular complexity index is 388. The van der Waals surface area contributed by atoms with Crippen LogP contribution in [0.5, 0.6) is 0 Å². The SMILES string of the molecule is CCCC(C)(NC(=O)Cc1ccsc1)C(=O)O. The van der Waals surface area contributed by atoms with Crippen molar-refractivity contribution in [1.29, 1.82) is 0 Å². The molecule has 0 aliphatic heterocycles. The van der Waals surface area contributed by atoms with E-state index in [1.807, 2.05) is 23.8 Å². The second kappa shape index (κ2) is 5.82. The molecule has 17 heavy (non-hydrogen) atoms. The van der Waals surface area contributed by atoms with Gasteiger partial charge in [-0.15, -0.1) is 0 Å². The number of rotatable bonds is 6. The molecule has 1 heterocycles. The second-order valence-electron chi connectivity index (χ2n) is 4.24. The van der Waals surface area contributed by atoms with Crippen molar-refractivity contribution < 1.29 is 14.7 Å². The van der Waals surface area contributed by atoms with E-state index < -0.39 is 11.5 Å². The van der Waals surface area contributed by atoms with Crippen LogP contribution in [0.3, 0.4) is 0 Å². The van der Waals surface area contributed by atoms with Crippen LogP contribution in [0.25, 0.3) is 0 Å². The predicted octanol–water partition coefficient (Wildman–Crippen LogP) is 2.05. The average molecular weight is 255 g/mol. The Morgan fingerprint density at radius 1 is 1.53 bits per heavy atom. The van der Waals surface area contributed by atoms with Crippen LogP contribution in [-0.4, -0.2) is 22.5 Å². The van der Waals surface area contributed by atoms with Crippen LogP contribution in [-0.2, 0) is 16.0 Å². The topological polar surface area (TPSA) is 66.4 Å². The highest BCUT2D eigenvalue weighted by Crippen LogP contribution is 2.14. The summed E-state index contributed by atoms with van der Waals surface area (Å²) in [5.74, 6) is -1.24. The van der Waals surface area contributed by atoms with Crippen LogP contribution < -0.4 is 5.32 Å². The zero-order valence-electron chi connectivity index (χ0n) is 10.0. The number of thiophene rings is 1. The Balaban J connectivity index is 2.61. The van der Waals surface area contributed by atoms with Crippen LogP contribution in [0.1, 0.15) is 32.3 Å². The number of amides is 1. The summed E-state index contributed by atoms with van der Waals surface area (Å²) in [5.41, 5.74) is -0.251. The molecule has 0 radical (unpaired) electrons. The first kappa shape index (κ1) is 13.7. The molecule has 1 atom stereocenters. The maximum atomic E-state index is 11.7. The highest BCUT2D eigenvalue weighted by atomic mass is 32.1. The average Bonchev–Trinajstić information content (AvgIpc) is 2.70. The van der Waals surface area contributed by atoms with Gasteiger partial charge in [0, 0.05) is 0 Å². The van der Waals surface area contributed by atoms with Gasteiger partial charge in [-0.25, -0.2) is 4.79 Å². The lowest BCUT2D eigenvalue weighted by Gasteiger charge is -2.25. The fraction of sp³-hybridized carbons (Fsp3) is 0.500. The number of nitrogens with one attached hydrogen (secondary N) is 1. The number of hydrogen-bond donors (Lipinski definition) is 2. The van der Waals surface area contributed by atoms with Gasteiger partial charge in [-0.3, -0.25) is 4.79 Å². The maximum Gasteiger partial charge on any atom is 0.329 e. The van der Waals surface area contributed by atoms with Crippen LogP contribution in [0, 0.1) is 0 Å². The van der Waals surface area contributed by atoms with E-state index in [1.54, 1.807) is 6.92 Å². The number of hydrogen-bond acceptors (Lipinski definition) is 3. The van der Waals surface area contributed by atoms with Crippen LogP contribution in [0.4, 0.5) is 0 Å². The molecule has 0 aromatic carbocycles. The van der Waals surface area contributed by atoms with Crippen molar-refractivity contribution in [3.05, 3.63) is 22.4 Å². The van der Waals surface area contributed by atoms with Gasteiger partial charge in [0.05, 0.1) is 6.42 Å². The lowest BCUT2D eigenvalue weighted by atomic mass is 9.96. The molecule has 0 bridgehead atoms. The third-order valence-electron chi connectivity index (χ3n) is 2.58. The van der Waals surface area contributed by atoms with Gasteiger partial charge in [0.15, 0.2) is 0 Å². The minimum atomic E-state index is -1.16. The zero-order valence-corrected chi connectivity index (χ0v) is 10.8. The van der Waals surface area contributed by atoms with Crippen molar-refractivity contribution in [2.75, 3.05) is 0 Å². The summed E-state index contributed by atoms with van der Waals surface area (Å²) in [7, 11) is 0. The summed E-state index contributed by atoms with van der Waals surface area (Å²) < 4.78 is 0. The van der Waals surface area contributed by atoms with Gasteiger partial charge in [0.25, 0.3) is 0 Å². The molecule has 4 nitrogen and oxygen atoms in total. The number of carboxylic acid groups (broad SMARTS) is 1. The molecule has 5 heteroatoms. The van der Waals surface area contributed by atoms with E-state index in [0.717, 1.165) is 5.56 Å². The van der Waals surface area contributed by atoms with Gasteiger partial charge in [-0.1, -0.05) is 13.3 Å². The van der Waals surface area contributed by atoms with Gasteiger partial charge in [0.2, 0.25) is 5.91 Å². The van der Waals surface area contributed by atoms with E-state index in [1.165, 1.54) is 11.3 Å². The van der Waals surface area contributed by atoms with E-state index in [2.05, 4.69) is 5.32 Å². The first-order chi connectivity index (χ1) is 7.98. The summed E-state index contributed by atoms with van der Waals surface area (Å²) in [5, 5.41) is 15.5. The first-order valence-electron chi connectivity index (χ1n) is 5.53. The summed E-state index contributed by atoms with van der Waals surface area (Å²) >= 11 is 1.52. The third kappa shape index (κ3) is 3.85. The summed E-state index contributed by atoms with van der Waals surface area (Å²) in [6.45, 7) is 3.44. The Hall–Kier alpha value is -1.36. The maximum absolute atomic E-state index is 11.7. The normalized spacial score (nSPS) is 14.0. The number of carbonyl (C=O) groups is 2. The largest absolute Gasteiger partial charge is 0.480 e. The second-order valence-corrected chi connectivity index (χ2v) is 5.02. The Kier molecular flexibility index (Phi) is 4.69. The minimum absolute atomic E-state index is 0.232. The van der Waals surface area contributed by atoms with E-state index in [-0.39, 0.29) is 12.3 Å². The molecule has 1 aromatic rings. The minimum Gasteiger partial charge on any atom is -0.480 e. The predicted molar refractivity (Wildman–Crippen MR) is 67.1 cm³/mol. The summed E-state index contributed by atoms with van der Waals surface area (Å²) in [6.07, 6.45) is 1.37. The van der Waals surface area contributed by atoms with Crippen molar-refractivity contribution in [2.45, 2.75) is 38.6 Å². The Morgan fingerprint density at radius 2 is 2.24 bits per heavy atom. The van der Waals surface area contributed by atoms with Crippen molar-refractivity contribution in [1.82, 2.24) is 5.32 Å². The molecule has 0 aliphatic rings. The molecule has 1 amide bonds. The lowest BCUT2D eigenvalue weighted by molar-refractivity contribution is -0.147. The fourth-order valence-electron chi connectivity index (χ4n) is 1.65. The lowest BCUT2D eigenvalue weighted by Crippen LogP contribution is -2.52. The van der Waals surface area contributed by atoms with E-state index in [0.29, 0.717) is 12.8 Å². The highest BCUT2D eigenvalue weighted by molar-refractivity contribution is 7.07. The molecule has 0 spiro atoms. The van der Waals surface area contributed by atoms with Crippen LogP contribution >= 0.6 is 11.3 Å². The molecule has 94 valence electrons. The van der Waals surface area contributed by atoms with Crippen molar-refractivity contribution in [3.63, 3.8) is 0 Å². The molecule has 0 saturated heterocycles. The summed E-state index contributed by atoms with van der Waals surface area (Å²) in [4.78, 5) is 22.9. The molecule has 0 aliphatic carbocycles. The molecule has 0 saturated carbocycles. The van der Waals surface area contributed by atoms with Crippen molar-refractivity contribution >= 4 is 23.2 Å². The smallest absolute Gasteiger partial charge is 0.329 e. The van der Waals surface area contributed by atoms with Gasteiger partial charge >= 0.3 is 5.97 Å². The van der Waals surface area contributed by atoms with Gasteiger partial charge < -0.3 is 10.4 Å². The molecule has 1 unspecified atom stereocenters. The highest BCUT2D eigenvalue weighted by Gasteiger charge is 2.33. The van der Waals surface area contributed by atoms with E-state index in [9.17, 15) is 9.59 Å². The molecular weight excluding hydrogens is 238 g/mol. The molecule has 2 N–H and O–H groups in total. The van der Waals surface area contributed by atoms with Gasteiger partial charge in [-0.2, -0.15) is 11.3 Å². The quantitative estimate of drug-likeness (QED) is 0.817. The Labute approximate surface area is 105 Å².